The van der Waals surface area contributed by atoms with E-state index >= 15 is 0 Å². The van der Waals surface area contributed by atoms with Crippen LogP contribution >= 0.6 is 15.9 Å². The van der Waals surface area contributed by atoms with Gasteiger partial charge < -0.3 is 5.32 Å². The minimum atomic E-state index is -0.704. The normalized spacial score (nSPS) is 10.2. The molecule has 3 nitrogen and oxygen atoms in total. The van der Waals surface area contributed by atoms with Gasteiger partial charge in [-0.1, -0.05) is 0 Å². The third-order valence-corrected chi connectivity index (χ3v) is 2.81. The van der Waals surface area contributed by atoms with Crippen molar-refractivity contribution in [3.8, 4) is 0 Å². The largest absolute Gasteiger partial charge is 0.319 e. The second-order valence-corrected chi connectivity index (χ2v) is 4.17. The van der Waals surface area contributed by atoms with E-state index in [9.17, 15) is 13.6 Å². The first-order valence-electron chi connectivity index (χ1n) is 4.95. The summed E-state index contributed by atoms with van der Waals surface area (Å²) in [6, 6.07) is 5.93. The molecule has 18 heavy (non-hydrogen) atoms. The molecule has 1 heterocycles. The molecule has 0 radical (unpaired) electrons. The Hall–Kier alpha value is -1.82. The zero-order valence-corrected chi connectivity index (χ0v) is 10.5. The molecule has 6 heteroatoms. The van der Waals surface area contributed by atoms with Crippen molar-refractivity contribution in [3.05, 3.63) is 58.3 Å². The van der Waals surface area contributed by atoms with Gasteiger partial charge in [-0.05, 0) is 40.2 Å². The summed E-state index contributed by atoms with van der Waals surface area (Å²) in [5.74, 6) is -1.90. The molecule has 2 aromatic rings. The molecule has 0 unspecified atom stereocenters. The van der Waals surface area contributed by atoms with E-state index in [1.165, 1.54) is 12.3 Å². The van der Waals surface area contributed by atoms with E-state index in [1.54, 1.807) is 6.07 Å². The fourth-order valence-corrected chi connectivity index (χ4v) is 1.77. The molecule has 0 aliphatic heterocycles. The molecule has 1 aromatic heterocycles. The number of amides is 1. The SMILES string of the molecule is O=C(Nc1cc(F)ccc1F)c1cccnc1Br. The lowest BCUT2D eigenvalue weighted by Crippen LogP contribution is -2.14. The Morgan fingerprint density at radius 1 is 1.28 bits per heavy atom. The second-order valence-electron chi connectivity index (χ2n) is 3.42. The van der Waals surface area contributed by atoms with Crippen LogP contribution in [0.25, 0.3) is 0 Å². The molecule has 0 spiro atoms. The Kier molecular flexibility index (Phi) is 3.66. The van der Waals surface area contributed by atoms with Gasteiger partial charge in [0.05, 0.1) is 11.3 Å². The highest BCUT2D eigenvalue weighted by Crippen LogP contribution is 2.18. The highest BCUT2D eigenvalue weighted by atomic mass is 79.9. The summed E-state index contributed by atoms with van der Waals surface area (Å²) < 4.78 is 26.6. The van der Waals surface area contributed by atoms with E-state index in [2.05, 4.69) is 26.2 Å². The van der Waals surface area contributed by atoms with Crippen LogP contribution in [0.2, 0.25) is 0 Å². The summed E-state index contributed by atoms with van der Waals surface area (Å²) in [7, 11) is 0. The van der Waals surface area contributed by atoms with Crippen LogP contribution in [0, 0.1) is 11.6 Å². The van der Waals surface area contributed by atoms with Crippen LogP contribution in [0.1, 0.15) is 10.4 Å². The fourth-order valence-electron chi connectivity index (χ4n) is 1.34. The van der Waals surface area contributed by atoms with Gasteiger partial charge in [-0.15, -0.1) is 0 Å². The van der Waals surface area contributed by atoms with E-state index in [-0.39, 0.29) is 11.3 Å². The molecule has 0 atom stereocenters. The number of carbonyl (C=O) groups excluding carboxylic acids is 1. The third kappa shape index (κ3) is 2.70. The Bertz CT molecular complexity index is 604. The summed E-state index contributed by atoms with van der Waals surface area (Å²) in [6.45, 7) is 0. The van der Waals surface area contributed by atoms with E-state index in [0.29, 0.717) is 4.60 Å². The van der Waals surface area contributed by atoms with Crippen LogP contribution in [0.3, 0.4) is 0 Å². The molecule has 0 saturated heterocycles. The molecule has 0 fully saturated rings. The zero-order chi connectivity index (χ0) is 13.1. The van der Waals surface area contributed by atoms with E-state index < -0.39 is 17.5 Å². The number of nitrogens with one attached hydrogen (secondary N) is 1. The lowest BCUT2D eigenvalue weighted by molar-refractivity contribution is 0.102. The molecule has 0 saturated carbocycles. The Balaban J connectivity index is 2.27. The van der Waals surface area contributed by atoms with Gasteiger partial charge in [-0.25, -0.2) is 13.8 Å². The molecular weight excluding hydrogens is 306 g/mol. The minimum absolute atomic E-state index is 0.212. The van der Waals surface area contributed by atoms with E-state index in [4.69, 9.17) is 0 Å². The number of nitrogens with zero attached hydrogens (tertiary/aromatic N) is 1. The van der Waals surface area contributed by atoms with Crippen LogP contribution in [-0.2, 0) is 0 Å². The molecule has 0 aliphatic rings. The smallest absolute Gasteiger partial charge is 0.258 e. The zero-order valence-electron chi connectivity index (χ0n) is 8.95. The summed E-state index contributed by atoms with van der Waals surface area (Å²) in [4.78, 5) is 15.7. The van der Waals surface area contributed by atoms with Gasteiger partial charge in [0, 0.05) is 12.3 Å². The van der Waals surface area contributed by atoms with Crippen LogP contribution in [-0.4, -0.2) is 10.9 Å². The summed E-state index contributed by atoms with van der Waals surface area (Å²) in [5, 5.41) is 2.28. The molecule has 1 aromatic carbocycles. The van der Waals surface area contributed by atoms with Gasteiger partial charge >= 0.3 is 0 Å². The van der Waals surface area contributed by atoms with E-state index in [0.717, 1.165) is 18.2 Å². The highest BCUT2D eigenvalue weighted by molar-refractivity contribution is 9.10. The lowest BCUT2D eigenvalue weighted by atomic mass is 10.2. The number of anilines is 1. The third-order valence-electron chi connectivity index (χ3n) is 2.18. The minimum Gasteiger partial charge on any atom is -0.319 e. The van der Waals surface area contributed by atoms with Crippen molar-refractivity contribution in [2.24, 2.45) is 0 Å². The maximum absolute atomic E-state index is 13.3. The van der Waals surface area contributed by atoms with Crippen molar-refractivity contribution in [3.63, 3.8) is 0 Å². The van der Waals surface area contributed by atoms with Crippen molar-refractivity contribution >= 4 is 27.5 Å². The predicted octanol–water partition coefficient (Wildman–Crippen LogP) is 3.37. The Morgan fingerprint density at radius 3 is 2.78 bits per heavy atom. The van der Waals surface area contributed by atoms with Crippen molar-refractivity contribution < 1.29 is 13.6 Å². The predicted molar refractivity (Wildman–Crippen MR) is 66.2 cm³/mol. The maximum atomic E-state index is 13.3. The number of hydrogen-bond acceptors (Lipinski definition) is 2. The number of pyridine rings is 1. The molecule has 2 rings (SSSR count). The van der Waals surface area contributed by atoms with Gasteiger partial charge in [0.15, 0.2) is 0 Å². The van der Waals surface area contributed by atoms with Crippen molar-refractivity contribution in [1.29, 1.82) is 0 Å². The van der Waals surface area contributed by atoms with Crippen LogP contribution in [0.15, 0.2) is 41.1 Å². The standard InChI is InChI=1S/C12H7BrF2N2O/c13-11-8(2-1-5-16-11)12(18)17-10-6-7(14)3-4-9(10)15/h1-6H,(H,17,18). The quantitative estimate of drug-likeness (QED) is 0.864. The van der Waals surface area contributed by atoms with Gasteiger partial charge in [0.25, 0.3) is 5.91 Å². The van der Waals surface area contributed by atoms with Gasteiger partial charge in [-0.3, -0.25) is 4.79 Å². The Labute approximate surface area is 110 Å². The highest BCUT2D eigenvalue weighted by Gasteiger charge is 2.13. The molecule has 0 aliphatic carbocycles. The van der Waals surface area contributed by atoms with Crippen molar-refractivity contribution in [2.45, 2.75) is 0 Å². The first-order valence-corrected chi connectivity index (χ1v) is 5.74. The molecule has 1 N–H and O–H groups in total. The van der Waals surface area contributed by atoms with Crippen molar-refractivity contribution in [1.82, 2.24) is 4.98 Å². The molecule has 92 valence electrons. The first kappa shape index (κ1) is 12.6. The Morgan fingerprint density at radius 2 is 2.06 bits per heavy atom. The van der Waals surface area contributed by atoms with Crippen LogP contribution in [0.4, 0.5) is 14.5 Å². The number of carbonyl (C=O) groups is 1. The van der Waals surface area contributed by atoms with Crippen LogP contribution in [0.5, 0.6) is 0 Å². The summed E-state index contributed by atoms with van der Waals surface area (Å²) in [5.41, 5.74) is 0.0249. The number of hydrogen-bond donors (Lipinski definition) is 1. The molecular formula is C12H7BrF2N2O. The molecule has 0 bridgehead atoms. The average Bonchev–Trinajstić information content (AvgIpc) is 2.34. The van der Waals surface area contributed by atoms with Gasteiger partial charge in [0.1, 0.15) is 16.2 Å². The number of rotatable bonds is 2. The summed E-state index contributed by atoms with van der Waals surface area (Å²) >= 11 is 3.10. The molecule has 1 amide bonds. The fraction of sp³-hybridized carbons (Fsp3) is 0. The summed E-state index contributed by atoms with van der Waals surface area (Å²) in [6.07, 6.45) is 1.50. The maximum Gasteiger partial charge on any atom is 0.258 e. The number of aromatic nitrogens is 1. The lowest BCUT2D eigenvalue weighted by Gasteiger charge is -2.07. The number of benzene rings is 1. The average molecular weight is 313 g/mol. The van der Waals surface area contributed by atoms with E-state index in [1.807, 2.05) is 0 Å². The first-order chi connectivity index (χ1) is 8.58. The van der Waals surface area contributed by atoms with Gasteiger partial charge in [-0.2, -0.15) is 0 Å². The van der Waals surface area contributed by atoms with Crippen molar-refractivity contribution in [2.75, 3.05) is 5.32 Å². The van der Waals surface area contributed by atoms with Crippen LogP contribution < -0.4 is 5.32 Å². The number of halogens is 3. The second kappa shape index (κ2) is 5.22. The monoisotopic (exact) mass is 312 g/mol. The van der Waals surface area contributed by atoms with Gasteiger partial charge in [0.2, 0.25) is 0 Å². The topological polar surface area (TPSA) is 42.0 Å².